The number of carbonyl (C=O) groups is 1. The number of carbonyl (C=O) groups excluding carboxylic acids is 1. The van der Waals surface area contributed by atoms with Crippen molar-refractivity contribution in [2.45, 2.75) is 13.3 Å². The lowest BCUT2D eigenvalue weighted by Crippen LogP contribution is -2.15. The molecule has 0 aliphatic carbocycles. The summed E-state index contributed by atoms with van der Waals surface area (Å²) >= 11 is 12.4. The van der Waals surface area contributed by atoms with Gasteiger partial charge in [0.15, 0.2) is 18.2 Å². The van der Waals surface area contributed by atoms with Crippen LogP contribution in [0.2, 0.25) is 10.0 Å². The summed E-state index contributed by atoms with van der Waals surface area (Å²) in [5, 5.41) is 22.8. The molecule has 2 heterocycles. The number of amides is 1. The van der Waals surface area contributed by atoms with Crippen molar-refractivity contribution < 1.29 is 18.8 Å². The minimum atomic E-state index is -0.689. The first kappa shape index (κ1) is 23.2. The van der Waals surface area contributed by atoms with E-state index >= 15 is 0 Å². The van der Waals surface area contributed by atoms with Crippen LogP contribution in [-0.4, -0.2) is 30.4 Å². The van der Waals surface area contributed by atoms with Crippen molar-refractivity contribution in [2.75, 3.05) is 5.32 Å². The van der Waals surface area contributed by atoms with E-state index in [9.17, 15) is 19.3 Å². The molecule has 10 nitrogen and oxygen atoms in total. The standard InChI is InChI=1S/C21H15Cl2FN6O4/c22-15-4-2-1-3-13(15)10-29-11-16(23)20(27-29)25-21(31)17-7-8-28(26-17)12-34-19-9-14(24)5-6-18(19)30(32)33/h1-9,11H,10,12H2,(H,25,27,31). The molecule has 34 heavy (non-hydrogen) atoms. The highest BCUT2D eigenvalue weighted by Gasteiger charge is 2.18. The minimum absolute atomic E-state index is 0.0223. The molecule has 4 rings (SSSR count). The molecule has 2 aromatic heterocycles. The maximum Gasteiger partial charge on any atom is 0.311 e. The second-order valence-corrected chi connectivity index (χ2v) is 7.77. The van der Waals surface area contributed by atoms with Gasteiger partial charge in [0.05, 0.1) is 11.5 Å². The summed E-state index contributed by atoms with van der Waals surface area (Å²) in [6.45, 7) is 0.0677. The zero-order chi connectivity index (χ0) is 24.2. The number of nitro benzene ring substituents is 1. The van der Waals surface area contributed by atoms with Crippen LogP contribution < -0.4 is 10.1 Å². The van der Waals surface area contributed by atoms with Crippen LogP contribution in [0.3, 0.4) is 0 Å². The van der Waals surface area contributed by atoms with Gasteiger partial charge in [0.1, 0.15) is 10.8 Å². The van der Waals surface area contributed by atoms with Crippen molar-refractivity contribution in [3.8, 4) is 5.75 Å². The zero-order valence-corrected chi connectivity index (χ0v) is 18.7. The maximum atomic E-state index is 13.4. The largest absolute Gasteiger partial charge is 0.464 e. The quantitative estimate of drug-likeness (QED) is 0.272. The Hall–Kier alpha value is -3.96. The molecular formula is C21H15Cl2FN6O4. The highest BCUT2D eigenvalue weighted by Crippen LogP contribution is 2.28. The summed E-state index contributed by atoms with van der Waals surface area (Å²) in [6, 6.07) is 11.5. The van der Waals surface area contributed by atoms with Crippen LogP contribution in [0.25, 0.3) is 0 Å². The fraction of sp³-hybridized carbons (Fsp3) is 0.0952. The maximum absolute atomic E-state index is 13.4. The third-order valence-electron chi connectivity index (χ3n) is 4.58. The summed E-state index contributed by atoms with van der Waals surface area (Å²) < 4.78 is 21.5. The molecule has 0 atom stereocenters. The first-order chi connectivity index (χ1) is 16.3. The molecule has 4 aromatic rings. The molecule has 0 fully saturated rings. The lowest BCUT2D eigenvalue weighted by Gasteiger charge is -2.07. The molecule has 2 aromatic carbocycles. The Labute approximate surface area is 201 Å². The highest BCUT2D eigenvalue weighted by molar-refractivity contribution is 6.33. The molecule has 1 N–H and O–H groups in total. The van der Waals surface area contributed by atoms with Crippen molar-refractivity contribution in [3.63, 3.8) is 0 Å². The first-order valence-electron chi connectivity index (χ1n) is 9.68. The number of halogens is 3. The van der Waals surface area contributed by atoms with E-state index in [1.165, 1.54) is 21.6 Å². The number of nitro groups is 1. The number of nitrogens with one attached hydrogen (secondary N) is 1. The van der Waals surface area contributed by atoms with Crippen molar-refractivity contribution in [1.29, 1.82) is 0 Å². The first-order valence-corrected chi connectivity index (χ1v) is 10.4. The normalized spacial score (nSPS) is 10.8. The van der Waals surface area contributed by atoms with Gasteiger partial charge < -0.3 is 10.1 Å². The van der Waals surface area contributed by atoms with Crippen LogP contribution in [0.4, 0.5) is 15.9 Å². The van der Waals surface area contributed by atoms with Gasteiger partial charge in [0.2, 0.25) is 5.75 Å². The summed E-state index contributed by atoms with van der Waals surface area (Å²) in [5.74, 6) is -1.39. The van der Waals surface area contributed by atoms with Crippen LogP contribution in [0.1, 0.15) is 16.1 Å². The third kappa shape index (κ3) is 5.33. The Balaban J connectivity index is 1.41. The molecule has 0 radical (unpaired) electrons. The number of hydrogen-bond acceptors (Lipinski definition) is 6. The van der Waals surface area contributed by atoms with E-state index < -0.39 is 22.3 Å². The predicted octanol–water partition coefficient (Wildman–Crippen LogP) is 4.77. The SMILES string of the molecule is O=C(Nc1nn(Cc2ccccc2Cl)cc1Cl)c1ccn(COc2cc(F)ccc2[N+](=O)[O-])n1. The molecule has 0 aliphatic rings. The molecule has 0 bridgehead atoms. The van der Waals surface area contributed by atoms with Gasteiger partial charge in [0.25, 0.3) is 5.91 Å². The van der Waals surface area contributed by atoms with E-state index in [-0.39, 0.29) is 29.0 Å². The Bertz CT molecular complexity index is 1370. The molecule has 0 saturated heterocycles. The molecule has 0 saturated carbocycles. The molecular weight excluding hydrogens is 490 g/mol. The van der Waals surface area contributed by atoms with Crippen molar-refractivity contribution in [1.82, 2.24) is 19.6 Å². The summed E-state index contributed by atoms with van der Waals surface area (Å²) in [5.41, 5.74) is 0.459. The minimum Gasteiger partial charge on any atom is -0.464 e. The number of benzene rings is 2. The summed E-state index contributed by atoms with van der Waals surface area (Å²) in [6.07, 6.45) is 2.98. The van der Waals surface area contributed by atoms with Gasteiger partial charge in [-0.2, -0.15) is 10.2 Å². The second-order valence-electron chi connectivity index (χ2n) is 6.95. The molecule has 13 heteroatoms. The Kier molecular flexibility index (Phi) is 6.75. The Morgan fingerprint density at radius 2 is 1.91 bits per heavy atom. The number of aromatic nitrogens is 4. The van der Waals surface area contributed by atoms with E-state index in [1.807, 2.05) is 18.2 Å². The second kappa shape index (κ2) is 9.89. The monoisotopic (exact) mass is 504 g/mol. The number of nitrogens with zero attached hydrogens (tertiary/aromatic N) is 5. The lowest BCUT2D eigenvalue weighted by atomic mass is 10.2. The summed E-state index contributed by atoms with van der Waals surface area (Å²) in [4.78, 5) is 22.9. The van der Waals surface area contributed by atoms with Crippen LogP contribution in [0.15, 0.2) is 60.9 Å². The Morgan fingerprint density at radius 1 is 1.12 bits per heavy atom. The van der Waals surface area contributed by atoms with Gasteiger partial charge in [-0.05, 0) is 23.8 Å². The number of hydrogen-bond donors (Lipinski definition) is 1. The molecule has 0 spiro atoms. The van der Waals surface area contributed by atoms with E-state index in [4.69, 9.17) is 27.9 Å². The average molecular weight is 505 g/mol. The van der Waals surface area contributed by atoms with Gasteiger partial charge in [0, 0.05) is 29.5 Å². The fourth-order valence-corrected chi connectivity index (χ4v) is 3.37. The van der Waals surface area contributed by atoms with E-state index in [1.54, 1.807) is 12.3 Å². The number of anilines is 1. The molecule has 0 unspecified atom stereocenters. The van der Waals surface area contributed by atoms with Gasteiger partial charge in [-0.25, -0.2) is 9.07 Å². The summed E-state index contributed by atoms with van der Waals surface area (Å²) in [7, 11) is 0. The number of rotatable bonds is 8. The van der Waals surface area contributed by atoms with Crippen LogP contribution in [0.5, 0.6) is 5.75 Å². The van der Waals surface area contributed by atoms with Crippen molar-refractivity contribution >= 4 is 40.6 Å². The Morgan fingerprint density at radius 3 is 2.68 bits per heavy atom. The van der Waals surface area contributed by atoms with Gasteiger partial charge in [-0.15, -0.1) is 0 Å². The molecule has 1 amide bonds. The van der Waals surface area contributed by atoms with Gasteiger partial charge in [-0.3, -0.25) is 19.6 Å². The van der Waals surface area contributed by atoms with Gasteiger partial charge in [-0.1, -0.05) is 41.4 Å². The van der Waals surface area contributed by atoms with Crippen LogP contribution in [0, 0.1) is 15.9 Å². The van der Waals surface area contributed by atoms with Crippen molar-refractivity contribution in [2.24, 2.45) is 0 Å². The fourth-order valence-electron chi connectivity index (χ4n) is 2.98. The van der Waals surface area contributed by atoms with E-state index in [0.717, 1.165) is 23.8 Å². The number of ether oxygens (including phenoxy) is 1. The third-order valence-corrected chi connectivity index (χ3v) is 5.23. The topological polar surface area (TPSA) is 117 Å². The zero-order valence-electron chi connectivity index (χ0n) is 17.2. The molecule has 0 aliphatic heterocycles. The lowest BCUT2D eigenvalue weighted by molar-refractivity contribution is -0.386. The van der Waals surface area contributed by atoms with Crippen molar-refractivity contribution in [3.05, 3.63) is 98.2 Å². The highest BCUT2D eigenvalue weighted by atomic mass is 35.5. The van der Waals surface area contributed by atoms with Gasteiger partial charge >= 0.3 is 5.69 Å². The van der Waals surface area contributed by atoms with Crippen LogP contribution >= 0.6 is 23.2 Å². The average Bonchev–Trinajstić information content (AvgIpc) is 3.40. The van der Waals surface area contributed by atoms with Crippen LogP contribution in [-0.2, 0) is 13.3 Å². The van der Waals surface area contributed by atoms with E-state index in [2.05, 4.69) is 15.5 Å². The molecule has 174 valence electrons. The van der Waals surface area contributed by atoms with E-state index in [0.29, 0.717) is 11.6 Å². The smallest absolute Gasteiger partial charge is 0.311 e. The predicted molar refractivity (Wildman–Crippen MR) is 122 cm³/mol.